The molecule has 0 saturated heterocycles. The average Bonchev–Trinajstić information content (AvgIpc) is 2.84. The van der Waals surface area contributed by atoms with Crippen molar-refractivity contribution in [2.24, 2.45) is 0 Å². The molecule has 3 aromatic carbocycles. The predicted molar refractivity (Wildman–Crippen MR) is 139 cm³/mol. The van der Waals surface area contributed by atoms with Crippen LogP contribution in [0.2, 0.25) is 5.02 Å². The van der Waals surface area contributed by atoms with E-state index in [1.807, 2.05) is 30.3 Å². The molecule has 0 heterocycles. The second kappa shape index (κ2) is 12.0. The summed E-state index contributed by atoms with van der Waals surface area (Å²) in [6, 6.07) is 19.9. The van der Waals surface area contributed by atoms with Gasteiger partial charge in [0.05, 0.1) is 11.9 Å². The fraction of sp³-hybridized carbons (Fsp3) is 0.231. The Hall–Kier alpha value is -3.43. The van der Waals surface area contributed by atoms with Crippen LogP contribution in [0.1, 0.15) is 11.1 Å². The molecule has 0 spiro atoms. The van der Waals surface area contributed by atoms with Crippen molar-refractivity contribution >= 4 is 39.1 Å². The van der Waals surface area contributed by atoms with E-state index in [4.69, 9.17) is 11.6 Å². The van der Waals surface area contributed by atoms with E-state index in [0.29, 0.717) is 10.6 Å². The molecule has 1 atom stereocenters. The monoisotopic (exact) mass is 531 g/mol. The molecule has 3 rings (SSSR count). The van der Waals surface area contributed by atoms with Crippen LogP contribution in [0.5, 0.6) is 0 Å². The lowest BCUT2D eigenvalue weighted by molar-refractivity contribution is -0.139. The lowest BCUT2D eigenvalue weighted by atomic mass is 10.0. The molecule has 0 radical (unpaired) electrons. The first kappa shape index (κ1) is 27.2. The van der Waals surface area contributed by atoms with Gasteiger partial charge in [0.1, 0.15) is 18.4 Å². The third kappa shape index (κ3) is 7.29. The average molecular weight is 532 g/mol. The number of amides is 2. The van der Waals surface area contributed by atoms with Crippen molar-refractivity contribution in [1.82, 2.24) is 10.2 Å². The highest BCUT2D eigenvalue weighted by Crippen LogP contribution is 2.21. The molecule has 0 aliphatic carbocycles. The number of hydrogen-bond donors (Lipinski definition) is 1. The Labute approximate surface area is 215 Å². The maximum absolute atomic E-state index is 13.7. The number of rotatable bonds is 10. The molecule has 10 heteroatoms. The molecular weight excluding hydrogens is 505 g/mol. The second-order valence-corrected chi connectivity index (χ2v) is 10.6. The van der Waals surface area contributed by atoms with Gasteiger partial charge in [0.15, 0.2) is 0 Å². The molecule has 1 N–H and O–H groups in total. The first-order chi connectivity index (χ1) is 17.1. The van der Waals surface area contributed by atoms with Gasteiger partial charge in [-0.25, -0.2) is 12.8 Å². The van der Waals surface area contributed by atoms with E-state index >= 15 is 0 Å². The van der Waals surface area contributed by atoms with Crippen LogP contribution in [-0.4, -0.2) is 51.0 Å². The van der Waals surface area contributed by atoms with Gasteiger partial charge in [-0.15, -0.1) is 0 Å². The van der Waals surface area contributed by atoms with E-state index in [0.717, 1.165) is 28.3 Å². The molecule has 36 heavy (non-hydrogen) atoms. The first-order valence-corrected chi connectivity index (χ1v) is 13.3. The molecule has 0 fully saturated rings. The Morgan fingerprint density at radius 2 is 1.61 bits per heavy atom. The molecule has 190 valence electrons. The van der Waals surface area contributed by atoms with E-state index in [2.05, 4.69) is 5.32 Å². The number of nitrogens with zero attached hydrogens (tertiary/aromatic N) is 2. The van der Waals surface area contributed by atoms with Gasteiger partial charge in [0, 0.05) is 25.0 Å². The number of sulfonamides is 1. The van der Waals surface area contributed by atoms with Crippen molar-refractivity contribution in [1.29, 1.82) is 0 Å². The van der Waals surface area contributed by atoms with E-state index < -0.39 is 40.2 Å². The minimum absolute atomic E-state index is 0.0192. The summed E-state index contributed by atoms with van der Waals surface area (Å²) in [6.07, 6.45) is 1.17. The number of carbonyl (C=O) groups is 2. The van der Waals surface area contributed by atoms with Crippen molar-refractivity contribution in [2.45, 2.75) is 19.0 Å². The van der Waals surface area contributed by atoms with Gasteiger partial charge in [0.25, 0.3) is 0 Å². The summed E-state index contributed by atoms with van der Waals surface area (Å²) in [5, 5.41) is 3.07. The zero-order valence-corrected chi connectivity index (χ0v) is 21.5. The van der Waals surface area contributed by atoms with Crippen LogP contribution in [0.4, 0.5) is 10.1 Å². The number of nitrogens with one attached hydrogen (secondary N) is 1. The fourth-order valence-corrected chi connectivity index (χ4v) is 4.84. The SMILES string of the molecule is CNC(=O)C(Cc1ccccc1)N(Cc1cccc(Cl)c1)C(=O)CN(c1ccc(F)cc1)S(C)(=O)=O. The van der Waals surface area contributed by atoms with Gasteiger partial charge in [-0.1, -0.05) is 54.1 Å². The zero-order valence-electron chi connectivity index (χ0n) is 19.9. The summed E-state index contributed by atoms with van der Waals surface area (Å²) in [5.41, 5.74) is 1.63. The molecule has 0 aliphatic rings. The molecule has 0 saturated carbocycles. The summed E-state index contributed by atoms with van der Waals surface area (Å²) in [7, 11) is -2.43. The van der Waals surface area contributed by atoms with Gasteiger partial charge < -0.3 is 10.2 Å². The lowest BCUT2D eigenvalue weighted by Crippen LogP contribution is -2.52. The van der Waals surface area contributed by atoms with Crippen LogP contribution in [0.25, 0.3) is 0 Å². The van der Waals surface area contributed by atoms with E-state index in [9.17, 15) is 22.4 Å². The van der Waals surface area contributed by atoms with Crippen LogP contribution in [0.15, 0.2) is 78.9 Å². The van der Waals surface area contributed by atoms with Crippen molar-refractivity contribution in [3.63, 3.8) is 0 Å². The third-order valence-corrected chi connectivity index (χ3v) is 6.93. The lowest BCUT2D eigenvalue weighted by Gasteiger charge is -2.33. The molecule has 0 aromatic heterocycles. The predicted octanol–water partition coefficient (Wildman–Crippen LogP) is 3.63. The maximum atomic E-state index is 13.7. The topological polar surface area (TPSA) is 86.8 Å². The molecule has 0 aliphatic heterocycles. The van der Waals surface area contributed by atoms with Crippen LogP contribution < -0.4 is 9.62 Å². The minimum Gasteiger partial charge on any atom is -0.357 e. The number of hydrogen-bond acceptors (Lipinski definition) is 4. The quantitative estimate of drug-likeness (QED) is 0.433. The normalized spacial score (nSPS) is 12.0. The van der Waals surface area contributed by atoms with Crippen LogP contribution in [0.3, 0.4) is 0 Å². The highest BCUT2D eigenvalue weighted by atomic mass is 35.5. The number of halogens is 2. The molecule has 3 aromatic rings. The van der Waals surface area contributed by atoms with Gasteiger partial charge in [-0.2, -0.15) is 0 Å². The zero-order chi connectivity index (χ0) is 26.3. The highest BCUT2D eigenvalue weighted by molar-refractivity contribution is 7.92. The Morgan fingerprint density at radius 3 is 2.19 bits per heavy atom. The first-order valence-electron chi connectivity index (χ1n) is 11.1. The van der Waals surface area contributed by atoms with Crippen molar-refractivity contribution in [3.05, 3.63) is 101 Å². The van der Waals surface area contributed by atoms with Gasteiger partial charge in [-0.3, -0.25) is 13.9 Å². The number of anilines is 1. The molecule has 1 unspecified atom stereocenters. The standard InChI is InChI=1S/C26H27ClFN3O4S/c1-29-26(33)24(16-19-7-4-3-5-8-19)30(17-20-9-6-10-21(27)15-20)25(32)18-31(36(2,34)35)23-13-11-22(28)12-14-23/h3-15,24H,16-18H2,1-2H3,(H,29,33). The van der Waals surface area contributed by atoms with Crippen molar-refractivity contribution in [3.8, 4) is 0 Å². The number of carbonyl (C=O) groups excluding carboxylic acids is 2. The minimum atomic E-state index is -3.91. The number of likely N-dealkylation sites (N-methyl/N-ethyl adjacent to an activating group) is 1. The van der Waals surface area contributed by atoms with Gasteiger partial charge in [0.2, 0.25) is 21.8 Å². The Balaban J connectivity index is 2.02. The van der Waals surface area contributed by atoms with Gasteiger partial charge >= 0.3 is 0 Å². The largest absolute Gasteiger partial charge is 0.357 e. The molecular formula is C26H27ClFN3O4S. The molecule has 0 bridgehead atoms. The fourth-order valence-electron chi connectivity index (χ4n) is 3.77. The summed E-state index contributed by atoms with van der Waals surface area (Å²) >= 11 is 6.14. The van der Waals surface area contributed by atoms with Crippen molar-refractivity contribution < 1.29 is 22.4 Å². The van der Waals surface area contributed by atoms with Gasteiger partial charge in [-0.05, 0) is 47.5 Å². The van der Waals surface area contributed by atoms with Crippen LogP contribution in [-0.2, 0) is 32.6 Å². The highest BCUT2D eigenvalue weighted by Gasteiger charge is 2.32. The Morgan fingerprint density at radius 1 is 0.972 bits per heavy atom. The Bertz CT molecular complexity index is 1300. The summed E-state index contributed by atoms with van der Waals surface area (Å²) in [5.74, 6) is -1.54. The summed E-state index contributed by atoms with van der Waals surface area (Å²) < 4.78 is 39.5. The van der Waals surface area contributed by atoms with E-state index in [1.165, 1.54) is 24.1 Å². The van der Waals surface area contributed by atoms with Crippen LogP contribution >= 0.6 is 11.6 Å². The third-order valence-electron chi connectivity index (χ3n) is 5.55. The summed E-state index contributed by atoms with van der Waals surface area (Å²) in [4.78, 5) is 28.1. The Kier molecular flexibility index (Phi) is 9.06. The smallest absolute Gasteiger partial charge is 0.244 e. The molecule has 7 nitrogen and oxygen atoms in total. The summed E-state index contributed by atoms with van der Waals surface area (Å²) in [6.45, 7) is -0.557. The maximum Gasteiger partial charge on any atom is 0.244 e. The molecule has 2 amide bonds. The van der Waals surface area contributed by atoms with E-state index in [1.54, 1.807) is 24.3 Å². The van der Waals surface area contributed by atoms with Crippen LogP contribution in [0, 0.1) is 5.82 Å². The van der Waals surface area contributed by atoms with Crippen molar-refractivity contribution in [2.75, 3.05) is 24.2 Å². The second-order valence-electron chi connectivity index (χ2n) is 8.22. The number of benzene rings is 3. The van der Waals surface area contributed by atoms with E-state index in [-0.39, 0.29) is 18.7 Å².